The molecule has 0 radical (unpaired) electrons. The second kappa shape index (κ2) is 10.3. The number of para-hydroxylation sites is 1. The van der Waals surface area contributed by atoms with E-state index >= 15 is 0 Å². The van der Waals surface area contributed by atoms with Crippen molar-refractivity contribution in [3.05, 3.63) is 60.4 Å². The number of anilines is 1. The Morgan fingerprint density at radius 3 is 2.27 bits per heavy atom. The first-order valence-corrected chi connectivity index (χ1v) is 9.10. The molecule has 1 aromatic carbocycles. The first kappa shape index (κ1) is 19.6. The number of benzene rings is 1. The number of pyridine rings is 1. The standard InChI is InChI=1S/C21H27N3O2/c1-3-24(17-14-18-12-15-22-16-13-18)21(26)11-7-10-20(25)23(2)19-8-5-4-6-9-19/h4-6,8-9,12-13,15-16H,3,7,10-11,14,17H2,1-2H3. The van der Waals surface area contributed by atoms with Gasteiger partial charge in [0, 0.05) is 51.1 Å². The van der Waals surface area contributed by atoms with Crippen molar-refractivity contribution in [3.8, 4) is 0 Å². The van der Waals surface area contributed by atoms with Crippen molar-refractivity contribution in [2.45, 2.75) is 32.6 Å². The van der Waals surface area contributed by atoms with Crippen molar-refractivity contribution < 1.29 is 9.59 Å². The Balaban J connectivity index is 1.74. The summed E-state index contributed by atoms with van der Waals surface area (Å²) in [7, 11) is 1.77. The molecule has 0 aliphatic rings. The van der Waals surface area contributed by atoms with Gasteiger partial charge < -0.3 is 9.80 Å². The van der Waals surface area contributed by atoms with E-state index in [0.717, 1.165) is 12.1 Å². The van der Waals surface area contributed by atoms with Gasteiger partial charge in [-0.3, -0.25) is 14.6 Å². The van der Waals surface area contributed by atoms with Crippen LogP contribution < -0.4 is 4.90 Å². The SMILES string of the molecule is CCN(CCc1ccncc1)C(=O)CCCC(=O)N(C)c1ccccc1. The molecular weight excluding hydrogens is 326 g/mol. The van der Waals surface area contributed by atoms with E-state index in [4.69, 9.17) is 0 Å². The van der Waals surface area contributed by atoms with E-state index in [1.165, 1.54) is 5.56 Å². The normalized spacial score (nSPS) is 10.4. The lowest BCUT2D eigenvalue weighted by atomic mass is 10.1. The van der Waals surface area contributed by atoms with Gasteiger partial charge in [-0.05, 0) is 49.6 Å². The average molecular weight is 353 g/mol. The van der Waals surface area contributed by atoms with Gasteiger partial charge >= 0.3 is 0 Å². The lowest BCUT2D eigenvalue weighted by Gasteiger charge is -2.21. The predicted octanol–water partition coefficient (Wildman–Crippen LogP) is 3.31. The molecule has 1 heterocycles. The van der Waals surface area contributed by atoms with Gasteiger partial charge in [0.2, 0.25) is 11.8 Å². The van der Waals surface area contributed by atoms with Crippen LogP contribution in [-0.2, 0) is 16.0 Å². The molecule has 0 fully saturated rings. The van der Waals surface area contributed by atoms with Gasteiger partial charge in [0.25, 0.3) is 0 Å². The molecule has 0 saturated carbocycles. The summed E-state index contributed by atoms with van der Waals surface area (Å²) in [6.07, 6.45) is 5.69. The van der Waals surface area contributed by atoms with Gasteiger partial charge in [0.15, 0.2) is 0 Å². The third-order valence-electron chi connectivity index (χ3n) is 4.45. The van der Waals surface area contributed by atoms with Crippen molar-refractivity contribution in [1.82, 2.24) is 9.88 Å². The Morgan fingerprint density at radius 2 is 1.62 bits per heavy atom. The van der Waals surface area contributed by atoms with Crippen LogP contribution >= 0.6 is 0 Å². The third-order valence-corrected chi connectivity index (χ3v) is 4.45. The number of hydrogen-bond donors (Lipinski definition) is 0. The fourth-order valence-corrected chi connectivity index (χ4v) is 2.78. The molecule has 0 spiro atoms. The molecule has 138 valence electrons. The number of aromatic nitrogens is 1. The van der Waals surface area contributed by atoms with Crippen LogP contribution in [-0.4, -0.2) is 41.8 Å². The van der Waals surface area contributed by atoms with Gasteiger partial charge in [-0.25, -0.2) is 0 Å². The summed E-state index contributed by atoms with van der Waals surface area (Å²) in [5.41, 5.74) is 2.04. The van der Waals surface area contributed by atoms with Crippen molar-refractivity contribution >= 4 is 17.5 Å². The number of rotatable bonds is 9. The zero-order valence-electron chi connectivity index (χ0n) is 15.6. The quantitative estimate of drug-likeness (QED) is 0.695. The van der Waals surface area contributed by atoms with Crippen molar-refractivity contribution in [2.24, 2.45) is 0 Å². The van der Waals surface area contributed by atoms with Crippen molar-refractivity contribution in [2.75, 3.05) is 25.0 Å². The Morgan fingerprint density at radius 1 is 0.962 bits per heavy atom. The molecule has 2 aromatic rings. The van der Waals surface area contributed by atoms with Crippen molar-refractivity contribution in [1.29, 1.82) is 0 Å². The first-order chi connectivity index (χ1) is 12.6. The summed E-state index contributed by atoms with van der Waals surface area (Å²) in [4.78, 5) is 32.2. The molecule has 0 atom stereocenters. The Hall–Kier alpha value is -2.69. The highest BCUT2D eigenvalue weighted by atomic mass is 16.2. The van der Waals surface area contributed by atoms with Crippen LogP contribution in [0, 0.1) is 0 Å². The molecule has 2 rings (SSSR count). The van der Waals surface area contributed by atoms with E-state index in [2.05, 4.69) is 4.98 Å². The largest absolute Gasteiger partial charge is 0.343 e. The van der Waals surface area contributed by atoms with Crippen LogP contribution in [0.15, 0.2) is 54.9 Å². The smallest absolute Gasteiger partial charge is 0.226 e. The van der Waals surface area contributed by atoms with Crippen LogP contribution in [0.5, 0.6) is 0 Å². The van der Waals surface area contributed by atoms with Crippen LogP contribution in [0.25, 0.3) is 0 Å². The van der Waals surface area contributed by atoms with Gasteiger partial charge in [-0.1, -0.05) is 18.2 Å². The van der Waals surface area contributed by atoms with Gasteiger partial charge in [0.1, 0.15) is 0 Å². The van der Waals surface area contributed by atoms with Crippen LogP contribution in [0.4, 0.5) is 5.69 Å². The predicted molar refractivity (Wildman–Crippen MR) is 104 cm³/mol. The van der Waals surface area contributed by atoms with E-state index in [1.54, 1.807) is 24.3 Å². The minimum atomic E-state index is 0.0313. The zero-order chi connectivity index (χ0) is 18.8. The molecule has 0 unspecified atom stereocenters. The molecule has 0 N–H and O–H groups in total. The molecule has 2 amide bonds. The lowest BCUT2D eigenvalue weighted by molar-refractivity contribution is -0.131. The highest BCUT2D eigenvalue weighted by molar-refractivity contribution is 5.93. The Kier molecular flexibility index (Phi) is 7.80. The van der Waals surface area contributed by atoms with E-state index in [9.17, 15) is 9.59 Å². The van der Waals surface area contributed by atoms with E-state index in [0.29, 0.717) is 32.4 Å². The maximum atomic E-state index is 12.4. The molecule has 1 aromatic heterocycles. The number of hydrogen-bond acceptors (Lipinski definition) is 3. The summed E-state index contributed by atoms with van der Waals surface area (Å²) in [5, 5.41) is 0. The fourth-order valence-electron chi connectivity index (χ4n) is 2.78. The van der Waals surface area contributed by atoms with E-state index in [1.807, 2.05) is 54.3 Å². The van der Waals surface area contributed by atoms with E-state index in [-0.39, 0.29) is 11.8 Å². The molecule has 5 heteroatoms. The number of nitrogens with zero attached hydrogens (tertiary/aromatic N) is 3. The number of amides is 2. The Bertz CT molecular complexity index is 689. The molecule has 26 heavy (non-hydrogen) atoms. The van der Waals surface area contributed by atoms with Crippen LogP contribution in [0.1, 0.15) is 31.7 Å². The summed E-state index contributed by atoms with van der Waals surface area (Å²) < 4.78 is 0. The third kappa shape index (κ3) is 5.99. The second-order valence-electron chi connectivity index (χ2n) is 6.22. The molecule has 5 nitrogen and oxygen atoms in total. The monoisotopic (exact) mass is 353 g/mol. The fraction of sp³-hybridized carbons (Fsp3) is 0.381. The van der Waals surface area contributed by atoms with Gasteiger partial charge in [-0.15, -0.1) is 0 Å². The van der Waals surface area contributed by atoms with Crippen LogP contribution in [0.3, 0.4) is 0 Å². The number of carbonyl (C=O) groups is 2. The maximum absolute atomic E-state index is 12.4. The van der Waals surface area contributed by atoms with E-state index < -0.39 is 0 Å². The van der Waals surface area contributed by atoms with Crippen LogP contribution in [0.2, 0.25) is 0 Å². The first-order valence-electron chi connectivity index (χ1n) is 9.10. The maximum Gasteiger partial charge on any atom is 0.226 e. The molecule has 0 aliphatic heterocycles. The van der Waals surface area contributed by atoms with Gasteiger partial charge in [-0.2, -0.15) is 0 Å². The average Bonchev–Trinajstić information content (AvgIpc) is 2.69. The molecule has 0 saturated heterocycles. The number of carbonyl (C=O) groups excluding carboxylic acids is 2. The topological polar surface area (TPSA) is 53.5 Å². The highest BCUT2D eigenvalue weighted by Gasteiger charge is 2.14. The summed E-state index contributed by atoms with van der Waals surface area (Å²) in [6, 6.07) is 13.5. The highest BCUT2D eigenvalue weighted by Crippen LogP contribution is 2.13. The summed E-state index contributed by atoms with van der Waals surface area (Å²) >= 11 is 0. The zero-order valence-corrected chi connectivity index (χ0v) is 15.6. The summed E-state index contributed by atoms with van der Waals surface area (Å²) in [5.74, 6) is 0.139. The lowest BCUT2D eigenvalue weighted by Crippen LogP contribution is -2.33. The molecule has 0 bridgehead atoms. The number of likely N-dealkylation sites (N-methyl/N-ethyl adjacent to an activating group) is 1. The molecule has 0 aliphatic carbocycles. The minimum Gasteiger partial charge on any atom is -0.343 e. The Labute approximate surface area is 155 Å². The molecular formula is C21H27N3O2. The minimum absolute atomic E-state index is 0.0313. The second-order valence-corrected chi connectivity index (χ2v) is 6.22. The van der Waals surface area contributed by atoms with Crippen molar-refractivity contribution in [3.63, 3.8) is 0 Å². The van der Waals surface area contributed by atoms with Gasteiger partial charge in [0.05, 0.1) is 0 Å². The summed E-state index contributed by atoms with van der Waals surface area (Å²) in [6.45, 7) is 3.36.